The molecule has 0 bridgehead atoms. The quantitative estimate of drug-likeness (QED) is 0.250. The van der Waals surface area contributed by atoms with Gasteiger partial charge < -0.3 is 15.6 Å². The minimum absolute atomic E-state index is 0. The smallest absolute Gasteiger partial charge is 0.282 e. The van der Waals surface area contributed by atoms with Gasteiger partial charge in [-0.2, -0.15) is 5.10 Å². The van der Waals surface area contributed by atoms with Crippen LogP contribution in [-0.4, -0.2) is 49.3 Å². The highest BCUT2D eigenvalue weighted by atomic mass is 35.5. The van der Waals surface area contributed by atoms with Crippen molar-refractivity contribution in [2.45, 2.75) is 39.2 Å². The molecule has 33 heavy (non-hydrogen) atoms. The molecule has 3 N–H and O–H groups in total. The van der Waals surface area contributed by atoms with Crippen LogP contribution in [0.5, 0.6) is 0 Å². The molecule has 2 aromatic heterocycles. The number of pyridine rings is 1. The number of aliphatic hydroxyl groups excluding tert-OH is 1. The first kappa shape index (κ1) is 28.3. The van der Waals surface area contributed by atoms with Gasteiger partial charge in [-0.05, 0) is 32.8 Å². The Hall–Kier alpha value is -2.74. The van der Waals surface area contributed by atoms with Gasteiger partial charge in [-0.3, -0.25) is 14.5 Å². The molecule has 0 spiro atoms. The minimum atomic E-state index is -2.90. The van der Waals surface area contributed by atoms with Crippen molar-refractivity contribution in [2.75, 3.05) is 6.54 Å². The number of hydrogen-bond acceptors (Lipinski definition) is 6. The maximum absolute atomic E-state index is 13.0. The minimum Gasteiger partial charge on any atom is -0.411 e. The lowest BCUT2D eigenvalue weighted by Gasteiger charge is -2.08. The molecule has 0 aliphatic heterocycles. The van der Waals surface area contributed by atoms with Crippen LogP contribution in [0.25, 0.3) is 0 Å². The predicted molar refractivity (Wildman–Crippen MR) is 122 cm³/mol. The fourth-order valence-corrected chi connectivity index (χ4v) is 2.67. The first-order valence-electron chi connectivity index (χ1n) is 9.78. The SMILES string of the molecule is CC(C)O.Cl.Cn1cc(C(=O)NCC(=NO)c2ncc(C#CC3CC3)cc2Cl)c(C(F)F)n1. The van der Waals surface area contributed by atoms with E-state index in [4.69, 9.17) is 16.7 Å². The van der Waals surface area contributed by atoms with Crippen molar-refractivity contribution < 1.29 is 23.9 Å². The van der Waals surface area contributed by atoms with Crippen LogP contribution in [0.3, 0.4) is 0 Å². The van der Waals surface area contributed by atoms with Gasteiger partial charge in [0.25, 0.3) is 12.3 Å². The molecule has 1 aliphatic carbocycles. The summed E-state index contributed by atoms with van der Waals surface area (Å²) >= 11 is 6.19. The number of aliphatic hydroxyl groups is 1. The standard InChI is InChI=1S/C18H16ClF2N5O2.C3H8O.ClH/c1-26-9-12(15(24-26)17(20)21)18(27)23-8-14(25-28)16-13(19)6-11(7-22-16)5-4-10-2-3-10;1-3(2)4;/h6-7,9-10,17,28H,2-3,8H2,1H3,(H,23,27);3-4H,1-2H3;1H. The summed E-state index contributed by atoms with van der Waals surface area (Å²) in [5.41, 5.74) is -0.139. The highest BCUT2D eigenvalue weighted by molar-refractivity contribution is 6.34. The zero-order valence-electron chi connectivity index (χ0n) is 18.2. The highest BCUT2D eigenvalue weighted by Crippen LogP contribution is 2.27. The maximum Gasteiger partial charge on any atom is 0.282 e. The summed E-state index contributed by atoms with van der Waals surface area (Å²) in [6.07, 6.45) is 1.80. The fraction of sp³-hybridized carbons (Fsp3) is 0.429. The Labute approximate surface area is 201 Å². The Morgan fingerprint density at radius 1 is 1.42 bits per heavy atom. The molecule has 1 amide bonds. The average Bonchev–Trinajstić information content (AvgIpc) is 3.46. The second-order valence-electron chi connectivity index (χ2n) is 7.32. The van der Waals surface area contributed by atoms with E-state index in [1.807, 2.05) is 0 Å². The van der Waals surface area contributed by atoms with Crippen molar-refractivity contribution in [1.82, 2.24) is 20.1 Å². The monoisotopic (exact) mass is 503 g/mol. The first-order valence-corrected chi connectivity index (χ1v) is 10.2. The Balaban J connectivity index is 0.00000101. The largest absolute Gasteiger partial charge is 0.411 e. The number of hydrogen-bond donors (Lipinski definition) is 3. The zero-order valence-corrected chi connectivity index (χ0v) is 19.8. The van der Waals surface area contributed by atoms with E-state index in [9.17, 15) is 18.8 Å². The van der Waals surface area contributed by atoms with Crippen molar-refractivity contribution in [1.29, 1.82) is 0 Å². The van der Waals surface area contributed by atoms with Crippen LogP contribution >= 0.6 is 24.0 Å². The van der Waals surface area contributed by atoms with Gasteiger partial charge in [0.2, 0.25) is 0 Å². The van der Waals surface area contributed by atoms with Gasteiger partial charge in [0.15, 0.2) is 0 Å². The van der Waals surface area contributed by atoms with Gasteiger partial charge >= 0.3 is 0 Å². The molecule has 0 atom stereocenters. The molecule has 1 aliphatic rings. The number of rotatable bonds is 5. The molecule has 180 valence electrons. The molecule has 1 saturated carbocycles. The molecule has 2 heterocycles. The molecule has 0 radical (unpaired) electrons. The van der Waals surface area contributed by atoms with Crippen molar-refractivity contribution in [3.63, 3.8) is 0 Å². The van der Waals surface area contributed by atoms with Crippen LogP contribution in [0.4, 0.5) is 8.78 Å². The average molecular weight is 504 g/mol. The molecule has 3 rings (SSSR count). The maximum atomic E-state index is 13.0. The van der Waals surface area contributed by atoms with Crippen molar-refractivity contribution in [3.8, 4) is 11.8 Å². The summed E-state index contributed by atoms with van der Waals surface area (Å²) in [6, 6.07) is 1.59. The molecule has 0 aromatic carbocycles. The summed E-state index contributed by atoms with van der Waals surface area (Å²) in [5, 5.41) is 26.6. The molecule has 8 nitrogen and oxygen atoms in total. The molecule has 2 aromatic rings. The van der Waals surface area contributed by atoms with E-state index in [1.165, 1.54) is 19.4 Å². The van der Waals surface area contributed by atoms with Gasteiger partial charge in [0.1, 0.15) is 17.1 Å². The summed E-state index contributed by atoms with van der Waals surface area (Å²) in [7, 11) is 1.43. The van der Waals surface area contributed by atoms with Crippen LogP contribution in [0, 0.1) is 17.8 Å². The first-order chi connectivity index (χ1) is 15.1. The van der Waals surface area contributed by atoms with Gasteiger partial charge in [-0.25, -0.2) is 8.78 Å². The number of aromatic nitrogens is 3. The summed E-state index contributed by atoms with van der Waals surface area (Å²) < 4.78 is 27.1. The van der Waals surface area contributed by atoms with E-state index in [0.29, 0.717) is 11.5 Å². The van der Waals surface area contributed by atoms with Crippen LogP contribution in [-0.2, 0) is 7.05 Å². The van der Waals surface area contributed by atoms with Gasteiger partial charge in [-0.1, -0.05) is 28.6 Å². The number of alkyl halides is 2. The molecule has 0 saturated heterocycles. The van der Waals surface area contributed by atoms with Crippen molar-refractivity contribution in [2.24, 2.45) is 18.1 Å². The van der Waals surface area contributed by atoms with E-state index >= 15 is 0 Å². The lowest BCUT2D eigenvalue weighted by atomic mass is 10.2. The lowest BCUT2D eigenvalue weighted by Crippen LogP contribution is -2.31. The molecular weight excluding hydrogens is 479 g/mol. The van der Waals surface area contributed by atoms with Crippen LogP contribution < -0.4 is 5.32 Å². The van der Waals surface area contributed by atoms with E-state index in [1.54, 1.807) is 19.9 Å². The van der Waals surface area contributed by atoms with Gasteiger partial charge in [-0.15, -0.1) is 12.4 Å². The van der Waals surface area contributed by atoms with Crippen LogP contribution in [0.15, 0.2) is 23.6 Å². The predicted octanol–water partition coefficient (Wildman–Crippen LogP) is 3.58. The van der Waals surface area contributed by atoms with E-state index in [-0.39, 0.29) is 47.0 Å². The number of amides is 1. The van der Waals surface area contributed by atoms with E-state index in [2.05, 4.69) is 32.4 Å². The third-order valence-corrected chi connectivity index (χ3v) is 4.25. The molecular formula is C21H25Cl2F2N5O3. The molecule has 1 fully saturated rings. The Kier molecular flexibility index (Phi) is 11.2. The fourth-order valence-electron chi connectivity index (χ4n) is 2.40. The van der Waals surface area contributed by atoms with Crippen molar-refractivity contribution in [3.05, 3.63) is 46.0 Å². The van der Waals surface area contributed by atoms with E-state index in [0.717, 1.165) is 17.5 Å². The summed E-state index contributed by atoms with van der Waals surface area (Å²) in [5.74, 6) is 5.70. The van der Waals surface area contributed by atoms with Crippen molar-refractivity contribution >= 4 is 35.6 Å². The third-order valence-electron chi connectivity index (χ3n) is 3.96. The number of carbonyl (C=O) groups is 1. The van der Waals surface area contributed by atoms with Crippen LogP contribution in [0.2, 0.25) is 5.02 Å². The Bertz CT molecular complexity index is 1040. The Morgan fingerprint density at radius 3 is 2.58 bits per heavy atom. The third kappa shape index (κ3) is 8.96. The topological polar surface area (TPSA) is 113 Å². The second kappa shape index (κ2) is 13.1. The van der Waals surface area contributed by atoms with Gasteiger partial charge in [0, 0.05) is 37.0 Å². The second-order valence-corrected chi connectivity index (χ2v) is 7.73. The number of nitrogens with one attached hydrogen (secondary N) is 1. The normalized spacial score (nSPS) is 12.9. The molecule has 12 heteroatoms. The van der Waals surface area contributed by atoms with E-state index < -0.39 is 18.0 Å². The Morgan fingerprint density at radius 2 is 2.06 bits per heavy atom. The number of aryl methyl sites for hydroxylation is 1. The number of carbonyl (C=O) groups excluding carboxylic acids is 1. The van der Waals surface area contributed by atoms with Gasteiger partial charge in [0.05, 0.1) is 17.1 Å². The summed E-state index contributed by atoms with van der Waals surface area (Å²) in [6.45, 7) is 3.17. The zero-order chi connectivity index (χ0) is 23.8. The number of nitrogens with zero attached hydrogens (tertiary/aromatic N) is 4. The number of oxime groups is 1. The van der Waals surface area contributed by atoms with Crippen LogP contribution in [0.1, 0.15) is 60.4 Å². The molecule has 0 unspecified atom stereocenters. The number of halogens is 4. The highest BCUT2D eigenvalue weighted by Gasteiger charge is 2.23. The summed E-state index contributed by atoms with van der Waals surface area (Å²) in [4.78, 5) is 16.4. The lowest BCUT2D eigenvalue weighted by molar-refractivity contribution is 0.0944.